The van der Waals surface area contributed by atoms with Gasteiger partial charge in [0.15, 0.2) is 5.78 Å². The van der Waals surface area contributed by atoms with Crippen LogP contribution in [-0.4, -0.2) is 10.8 Å². The minimum absolute atomic E-state index is 0.0416. The number of aromatic nitrogens is 1. The molecule has 0 spiro atoms. The molecule has 0 N–H and O–H groups in total. The number of fused-ring (bicyclic) bond motifs is 1. The maximum atomic E-state index is 11.7. The molecule has 3 nitrogen and oxygen atoms in total. The summed E-state index contributed by atoms with van der Waals surface area (Å²) in [5.74, 6) is 1.10. The zero-order valence-corrected chi connectivity index (χ0v) is 12.9. The van der Waals surface area contributed by atoms with E-state index in [0.29, 0.717) is 17.1 Å². The predicted octanol–water partition coefficient (Wildman–Crippen LogP) is 4.99. The number of ether oxygens (including phenoxy) is 1. The van der Waals surface area contributed by atoms with Crippen molar-refractivity contribution >= 4 is 32.6 Å². The number of hydrogen-bond donors (Lipinski definition) is 0. The van der Waals surface area contributed by atoms with Crippen LogP contribution in [-0.2, 0) is 0 Å². The van der Waals surface area contributed by atoms with Crippen LogP contribution in [0.15, 0.2) is 59.2 Å². The monoisotopic (exact) mass is 341 g/mol. The van der Waals surface area contributed by atoms with Gasteiger partial charge in [0.25, 0.3) is 0 Å². The van der Waals surface area contributed by atoms with E-state index in [0.717, 1.165) is 15.4 Å². The van der Waals surface area contributed by atoms with Gasteiger partial charge in [0, 0.05) is 9.86 Å². The van der Waals surface area contributed by atoms with Crippen molar-refractivity contribution in [3.05, 3.63) is 64.8 Å². The van der Waals surface area contributed by atoms with E-state index in [4.69, 9.17) is 4.74 Å². The molecule has 2 aromatic carbocycles. The van der Waals surface area contributed by atoms with Gasteiger partial charge in [0.05, 0.1) is 17.3 Å². The Bertz CT molecular complexity index is 830. The number of carbonyl (C=O) groups excluding carboxylic acids is 1. The second-order valence-corrected chi connectivity index (χ2v) is 5.58. The molecule has 0 atom stereocenters. The summed E-state index contributed by atoms with van der Waals surface area (Å²) in [5.41, 5.74) is 1.45. The van der Waals surface area contributed by atoms with E-state index in [-0.39, 0.29) is 5.78 Å². The first kappa shape index (κ1) is 13.8. The number of halogens is 1. The van der Waals surface area contributed by atoms with E-state index < -0.39 is 0 Å². The summed E-state index contributed by atoms with van der Waals surface area (Å²) in [6.45, 7) is 1.52. The van der Waals surface area contributed by atoms with E-state index in [1.807, 2.05) is 36.4 Å². The van der Waals surface area contributed by atoms with Gasteiger partial charge in [-0.25, -0.2) is 0 Å². The van der Waals surface area contributed by atoms with Crippen LogP contribution in [0.5, 0.6) is 11.5 Å². The quantitative estimate of drug-likeness (QED) is 0.630. The van der Waals surface area contributed by atoms with Crippen molar-refractivity contribution in [2.75, 3.05) is 0 Å². The fraction of sp³-hybridized carbons (Fsp3) is 0.0588. The van der Waals surface area contributed by atoms with E-state index in [9.17, 15) is 4.79 Å². The van der Waals surface area contributed by atoms with Gasteiger partial charge in [-0.3, -0.25) is 9.78 Å². The summed E-state index contributed by atoms with van der Waals surface area (Å²) in [6, 6.07) is 15.1. The maximum Gasteiger partial charge on any atom is 0.163 e. The molecule has 3 rings (SSSR count). The lowest BCUT2D eigenvalue weighted by molar-refractivity contribution is 0.101. The lowest BCUT2D eigenvalue weighted by Gasteiger charge is -2.10. The van der Waals surface area contributed by atoms with Gasteiger partial charge >= 0.3 is 0 Å². The molecule has 0 radical (unpaired) electrons. The van der Waals surface area contributed by atoms with E-state index in [1.165, 1.54) is 6.92 Å². The highest BCUT2D eigenvalue weighted by Gasteiger charge is 2.10. The highest BCUT2D eigenvalue weighted by Crippen LogP contribution is 2.29. The van der Waals surface area contributed by atoms with Crippen molar-refractivity contribution in [3.8, 4) is 11.5 Å². The van der Waals surface area contributed by atoms with Crippen LogP contribution >= 0.6 is 15.9 Å². The SMILES string of the molecule is CC(=O)c1cc(Br)ccc1Oc1cnc2ccccc2c1. The molecule has 0 fully saturated rings. The maximum absolute atomic E-state index is 11.7. The van der Waals surface area contributed by atoms with Crippen molar-refractivity contribution in [3.63, 3.8) is 0 Å². The fourth-order valence-corrected chi connectivity index (χ4v) is 2.46. The third-order valence-corrected chi connectivity index (χ3v) is 3.61. The van der Waals surface area contributed by atoms with Crippen LogP contribution in [0.2, 0.25) is 0 Å². The first-order chi connectivity index (χ1) is 10.1. The van der Waals surface area contributed by atoms with Gasteiger partial charge < -0.3 is 4.74 Å². The summed E-state index contributed by atoms with van der Waals surface area (Å²) in [5, 5.41) is 0.997. The minimum atomic E-state index is -0.0416. The first-order valence-electron chi connectivity index (χ1n) is 6.46. The van der Waals surface area contributed by atoms with Gasteiger partial charge in [-0.1, -0.05) is 34.1 Å². The molecule has 0 amide bonds. The largest absolute Gasteiger partial charge is 0.455 e. The lowest BCUT2D eigenvalue weighted by atomic mass is 10.1. The topological polar surface area (TPSA) is 39.2 Å². The molecule has 0 aliphatic carbocycles. The first-order valence-corrected chi connectivity index (χ1v) is 7.26. The van der Waals surface area contributed by atoms with Crippen LogP contribution in [0.1, 0.15) is 17.3 Å². The molecule has 4 heteroatoms. The number of para-hydroxylation sites is 1. The average Bonchev–Trinajstić information content (AvgIpc) is 2.49. The molecule has 0 aliphatic heterocycles. The predicted molar refractivity (Wildman–Crippen MR) is 86.0 cm³/mol. The number of carbonyl (C=O) groups is 1. The Morgan fingerprint density at radius 1 is 1.14 bits per heavy atom. The van der Waals surface area contributed by atoms with Crippen LogP contribution < -0.4 is 4.74 Å². The van der Waals surface area contributed by atoms with Crippen molar-refractivity contribution in [1.29, 1.82) is 0 Å². The third-order valence-electron chi connectivity index (χ3n) is 3.11. The number of hydrogen-bond acceptors (Lipinski definition) is 3. The Balaban J connectivity index is 2.00. The summed E-state index contributed by atoms with van der Waals surface area (Å²) in [7, 11) is 0. The number of pyridine rings is 1. The standard InChI is InChI=1S/C17H12BrNO2/c1-11(20)15-9-13(18)6-7-17(15)21-14-8-12-4-2-3-5-16(12)19-10-14/h2-10H,1H3. The molecule has 0 saturated heterocycles. The number of Topliss-reactive ketones (excluding diaryl/α,β-unsaturated/α-hetero) is 1. The third kappa shape index (κ3) is 2.95. The highest BCUT2D eigenvalue weighted by molar-refractivity contribution is 9.10. The molecule has 0 saturated carbocycles. The zero-order chi connectivity index (χ0) is 14.8. The van der Waals surface area contributed by atoms with Crippen molar-refractivity contribution < 1.29 is 9.53 Å². The zero-order valence-electron chi connectivity index (χ0n) is 11.3. The Morgan fingerprint density at radius 3 is 2.76 bits per heavy atom. The smallest absolute Gasteiger partial charge is 0.163 e. The van der Waals surface area contributed by atoms with Crippen molar-refractivity contribution in [2.45, 2.75) is 6.92 Å². The number of rotatable bonds is 3. The van der Waals surface area contributed by atoms with E-state index >= 15 is 0 Å². The second-order valence-electron chi connectivity index (χ2n) is 4.66. The lowest BCUT2D eigenvalue weighted by Crippen LogP contribution is -1.97. The summed E-state index contributed by atoms with van der Waals surface area (Å²) >= 11 is 3.36. The Labute approximate surface area is 130 Å². The van der Waals surface area contributed by atoms with Crippen LogP contribution in [0.4, 0.5) is 0 Å². The van der Waals surface area contributed by atoms with Crippen molar-refractivity contribution in [2.24, 2.45) is 0 Å². The molecular weight excluding hydrogens is 330 g/mol. The van der Waals surface area contributed by atoms with Crippen LogP contribution in [0.3, 0.4) is 0 Å². The van der Waals surface area contributed by atoms with Crippen LogP contribution in [0, 0.1) is 0 Å². The van der Waals surface area contributed by atoms with Gasteiger partial charge in [-0.2, -0.15) is 0 Å². The molecule has 0 aliphatic rings. The van der Waals surface area contributed by atoms with Crippen LogP contribution in [0.25, 0.3) is 10.9 Å². The average molecular weight is 342 g/mol. The van der Waals surface area contributed by atoms with E-state index in [1.54, 1.807) is 18.3 Å². The molecular formula is C17H12BrNO2. The van der Waals surface area contributed by atoms with Gasteiger partial charge in [-0.05, 0) is 37.3 Å². The Hall–Kier alpha value is -2.20. The molecule has 0 bridgehead atoms. The summed E-state index contributed by atoms with van der Waals surface area (Å²) in [4.78, 5) is 16.1. The minimum Gasteiger partial charge on any atom is -0.455 e. The second kappa shape index (κ2) is 5.66. The van der Waals surface area contributed by atoms with E-state index in [2.05, 4.69) is 20.9 Å². The highest BCUT2D eigenvalue weighted by atomic mass is 79.9. The van der Waals surface area contributed by atoms with Gasteiger partial charge in [-0.15, -0.1) is 0 Å². The molecule has 0 unspecified atom stereocenters. The van der Waals surface area contributed by atoms with Gasteiger partial charge in [0.1, 0.15) is 11.5 Å². The summed E-state index contributed by atoms with van der Waals surface area (Å²) < 4.78 is 6.67. The molecule has 21 heavy (non-hydrogen) atoms. The normalized spacial score (nSPS) is 10.6. The number of benzene rings is 2. The molecule has 3 aromatic rings. The molecule has 104 valence electrons. The number of ketones is 1. The Kier molecular flexibility index (Phi) is 3.71. The fourth-order valence-electron chi connectivity index (χ4n) is 2.10. The molecule has 1 heterocycles. The summed E-state index contributed by atoms with van der Waals surface area (Å²) in [6.07, 6.45) is 1.66. The number of nitrogens with zero attached hydrogens (tertiary/aromatic N) is 1. The molecule has 1 aromatic heterocycles. The van der Waals surface area contributed by atoms with Crippen molar-refractivity contribution in [1.82, 2.24) is 4.98 Å². The Morgan fingerprint density at radius 2 is 1.95 bits per heavy atom. The van der Waals surface area contributed by atoms with Gasteiger partial charge in [0.2, 0.25) is 0 Å².